The number of cyclic esters (lactones) is 1. The van der Waals surface area contributed by atoms with E-state index in [1.165, 1.54) is 0 Å². The van der Waals surface area contributed by atoms with Crippen LogP contribution in [-0.4, -0.2) is 11.8 Å². The fourth-order valence-corrected chi connectivity index (χ4v) is 2.85. The monoisotopic (exact) mass is 324 g/mol. The van der Waals surface area contributed by atoms with Crippen molar-refractivity contribution in [3.05, 3.63) is 34.3 Å². The van der Waals surface area contributed by atoms with Gasteiger partial charge < -0.3 is 4.74 Å². The van der Waals surface area contributed by atoms with E-state index in [4.69, 9.17) is 4.74 Å². The summed E-state index contributed by atoms with van der Waals surface area (Å²) in [6.07, 6.45) is 0.183. The Balaban J connectivity index is 2.41. The van der Waals surface area contributed by atoms with Crippen LogP contribution >= 0.6 is 15.9 Å². The van der Waals surface area contributed by atoms with Gasteiger partial charge in [0.05, 0.1) is 5.92 Å². The van der Waals surface area contributed by atoms with Gasteiger partial charge in [0.1, 0.15) is 11.5 Å². The van der Waals surface area contributed by atoms with Crippen molar-refractivity contribution in [2.24, 2.45) is 11.3 Å². The first-order chi connectivity index (χ1) is 8.87. The third kappa shape index (κ3) is 2.46. The van der Waals surface area contributed by atoms with Crippen molar-refractivity contribution in [2.45, 2.75) is 33.3 Å². The van der Waals surface area contributed by atoms with E-state index in [0.717, 1.165) is 10.0 Å². The highest BCUT2D eigenvalue weighted by Crippen LogP contribution is 2.41. The van der Waals surface area contributed by atoms with Crippen LogP contribution in [0.4, 0.5) is 0 Å². The van der Waals surface area contributed by atoms with Crippen molar-refractivity contribution < 1.29 is 14.3 Å². The van der Waals surface area contributed by atoms with Crippen LogP contribution in [-0.2, 0) is 14.3 Å². The van der Waals surface area contributed by atoms with E-state index >= 15 is 0 Å². The largest absolute Gasteiger partial charge is 0.456 e. The number of carbonyl (C=O) groups excluding carboxylic acids is 2. The van der Waals surface area contributed by atoms with Gasteiger partial charge in [0.25, 0.3) is 0 Å². The van der Waals surface area contributed by atoms with Gasteiger partial charge in [-0.05, 0) is 38.0 Å². The zero-order valence-electron chi connectivity index (χ0n) is 11.3. The van der Waals surface area contributed by atoms with Gasteiger partial charge in [0.2, 0.25) is 0 Å². The van der Waals surface area contributed by atoms with E-state index in [-0.39, 0.29) is 11.7 Å². The maximum Gasteiger partial charge on any atom is 0.319 e. The molecule has 2 atom stereocenters. The van der Waals surface area contributed by atoms with E-state index in [9.17, 15) is 9.59 Å². The van der Waals surface area contributed by atoms with Crippen LogP contribution in [0.2, 0.25) is 0 Å². The molecule has 1 saturated heterocycles. The molecule has 102 valence electrons. The molecule has 0 spiro atoms. The second-order valence-corrected chi connectivity index (χ2v) is 6.30. The van der Waals surface area contributed by atoms with E-state index in [2.05, 4.69) is 15.9 Å². The standard InChI is InChI=1S/C15H17BrO3/c1-4-11-12(9-6-5-7-10(16)8-9)19-14(18)15(2,3)13(11)17/h5-8,11-12H,4H2,1-3H3/t11-,12-/m1/s1. The molecule has 0 saturated carbocycles. The molecule has 1 aliphatic heterocycles. The van der Waals surface area contributed by atoms with Crippen LogP contribution in [0.15, 0.2) is 28.7 Å². The number of halogens is 1. The minimum absolute atomic E-state index is 0.0313. The number of hydrogen-bond acceptors (Lipinski definition) is 3. The van der Waals surface area contributed by atoms with Crippen molar-refractivity contribution >= 4 is 27.7 Å². The molecule has 0 amide bonds. The first-order valence-electron chi connectivity index (χ1n) is 6.38. The topological polar surface area (TPSA) is 43.4 Å². The summed E-state index contributed by atoms with van der Waals surface area (Å²) in [7, 11) is 0. The summed E-state index contributed by atoms with van der Waals surface area (Å²) < 4.78 is 6.45. The van der Waals surface area contributed by atoms with Crippen LogP contribution in [0.25, 0.3) is 0 Å². The van der Waals surface area contributed by atoms with Gasteiger partial charge in [0.15, 0.2) is 5.78 Å². The highest BCUT2D eigenvalue weighted by molar-refractivity contribution is 9.10. The lowest BCUT2D eigenvalue weighted by molar-refractivity contribution is -0.179. The van der Waals surface area contributed by atoms with Gasteiger partial charge in [-0.3, -0.25) is 9.59 Å². The van der Waals surface area contributed by atoms with Crippen LogP contribution in [0, 0.1) is 11.3 Å². The molecule has 2 rings (SSSR count). The molecule has 4 heteroatoms. The van der Waals surface area contributed by atoms with Crippen molar-refractivity contribution in [3.63, 3.8) is 0 Å². The maximum absolute atomic E-state index is 12.4. The fraction of sp³-hybridized carbons (Fsp3) is 0.467. The average Bonchev–Trinajstić information content (AvgIpc) is 2.36. The van der Waals surface area contributed by atoms with Gasteiger partial charge in [-0.2, -0.15) is 0 Å². The lowest BCUT2D eigenvalue weighted by Gasteiger charge is -2.37. The van der Waals surface area contributed by atoms with Gasteiger partial charge >= 0.3 is 5.97 Å². The summed E-state index contributed by atoms with van der Waals surface area (Å²) in [6.45, 7) is 5.22. The number of carbonyl (C=O) groups is 2. The molecule has 1 fully saturated rings. The van der Waals surface area contributed by atoms with E-state index in [1.54, 1.807) is 13.8 Å². The van der Waals surface area contributed by atoms with E-state index in [1.807, 2.05) is 31.2 Å². The molecule has 1 aromatic carbocycles. The molecule has 0 bridgehead atoms. The van der Waals surface area contributed by atoms with Gasteiger partial charge in [-0.1, -0.05) is 35.0 Å². The lowest BCUT2D eigenvalue weighted by atomic mass is 9.74. The van der Waals surface area contributed by atoms with Crippen LogP contribution in [0.3, 0.4) is 0 Å². The Morgan fingerprint density at radius 2 is 2.00 bits per heavy atom. The highest BCUT2D eigenvalue weighted by atomic mass is 79.9. The summed E-state index contributed by atoms with van der Waals surface area (Å²) >= 11 is 3.40. The van der Waals surface area contributed by atoms with Gasteiger partial charge in [-0.25, -0.2) is 0 Å². The molecule has 0 unspecified atom stereocenters. The predicted molar refractivity (Wildman–Crippen MR) is 75.5 cm³/mol. The molecule has 1 heterocycles. The Labute approximate surface area is 121 Å². The molecule has 0 aromatic heterocycles. The highest BCUT2D eigenvalue weighted by Gasteiger charge is 2.50. The van der Waals surface area contributed by atoms with E-state index < -0.39 is 17.5 Å². The third-order valence-corrected chi connectivity index (χ3v) is 4.17. The summed E-state index contributed by atoms with van der Waals surface area (Å²) in [6, 6.07) is 7.56. The van der Waals surface area contributed by atoms with Crippen LogP contribution in [0.5, 0.6) is 0 Å². The number of ether oxygens (including phenoxy) is 1. The first kappa shape index (κ1) is 14.3. The van der Waals surface area contributed by atoms with Gasteiger partial charge in [0, 0.05) is 4.47 Å². The smallest absolute Gasteiger partial charge is 0.319 e. The number of benzene rings is 1. The lowest BCUT2D eigenvalue weighted by Crippen LogP contribution is -2.47. The summed E-state index contributed by atoms with van der Waals surface area (Å²) in [5.74, 6) is -0.745. The Morgan fingerprint density at radius 1 is 1.32 bits per heavy atom. The Hall–Kier alpha value is -1.16. The van der Waals surface area contributed by atoms with Crippen LogP contribution in [0.1, 0.15) is 38.9 Å². The summed E-state index contributed by atoms with van der Waals surface area (Å²) in [4.78, 5) is 24.4. The zero-order valence-corrected chi connectivity index (χ0v) is 12.9. The number of ketones is 1. The molecule has 0 aliphatic carbocycles. The average molecular weight is 325 g/mol. The minimum Gasteiger partial charge on any atom is -0.456 e. The maximum atomic E-state index is 12.4. The number of esters is 1. The molecular formula is C15H17BrO3. The number of hydrogen-bond donors (Lipinski definition) is 0. The number of Topliss-reactive ketones (excluding diaryl/α,β-unsaturated/α-hetero) is 1. The Bertz CT molecular complexity index is 522. The second kappa shape index (κ2) is 5.08. The van der Waals surface area contributed by atoms with Crippen molar-refractivity contribution in [2.75, 3.05) is 0 Å². The molecule has 3 nitrogen and oxygen atoms in total. The quantitative estimate of drug-likeness (QED) is 0.615. The van der Waals surface area contributed by atoms with Gasteiger partial charge in [-0.15, -0.1) is 0 Å². The zero-order chi connectivity index (χ0) is 14.2. The minimum atomic E-state index is -1.04. The fourth-order valence-electron chi connectivity index (χ4n) is 2.43. The molecule has 0 N–H and O–H groups in total. The Morgan fingerprint density at radius 3 is 2.58 bits per heavy atom. The van der Waals surface area contributed by atoms with Crippen molar-refractivity contribution in [1.29, 1.82) is 0 Å². The van der Waals surface area contributed by atoms with Crippen molar-refractivity contribution in [1.82, 2.24) is 0 Å². The van der Waals surface area contributed by atoms with E-state index in [0.29, 0.717) is 6.42 Å². The molecule has 1 aromatic rings. The van der Waals surface area contributed by atoms with Crippen molar-refractivity contribution in [3.8, 4) is 0 Å². The second-order valence-electron chi connectivity index (χ2n) is 5.38. The SMILES string of the molecule is CC[C@H]1C(=O)C(C)(C)C(=O)O[C@@H]1c1cccc(Br)c1. The Kier molecular flexibility index (Phi) is 3.81. The molecule has 0 radical (unpaired) electrons. The molecule has 19 heavy (non-hydrogen) atoms. The predicted octanol–water partition coefficient (Wildman–Crippen LogP) is 3.67. The summed E-state index contributed by atoms with van der Waals surface area (Å²) in [5, 5.41) is 0. The number of rotatable bonds is 2. The normalized spacial score (nSPS) is 26.1. The third-order valence-electron chi connectivity index (χ3n) is 3.68. The first-order valence-corrected chi connectivity index (χ1v) is 7.18. The van der Waals surface area contributed by atoms with Crippen LogP contribution < -0.4 is 0 Å². The molecule has 1 aliphatic rings. The summed E-state index contributed by atoms with van der Waals surface area (Å²) in [5.41, 5.74) is -0.179. The molecular weight excluding hydrogens is 308 g/mol.